The third-order valence-electron chi connectivity index (χ3n) is 4.55. The van der Waals surface area contributed by atoms with Crippen LogP contribution in [0.15, 0.2) is 30.3 Å². The lowest BCUT2D eigenvalue weighted by Crippen LogP contribution is -2.56. The van der Waals surface area contributed by atoms with Gasteiger partial charge in [-0.1, -0.05) is 30.3 Å². The van der Waals surface area contributed by atoms with Crippen LogP contribution in [-0.2, 0) is 25.5 Å². The maximum Gasteiger partial charge on any atom is 0.330 e. The summed E-state index contributed by atoms with van der Waals surface area (Å²) in [5.74, 6) is -0.861. The quantitative estimate of drug-likeness (QED) is 0.792. The lowest BCUT2D eigenvalue weighted by Gasteiger charge is -2.30. The first kappa shape index (κ1) is 16.4. The van der Waals surface area contributed by atoms with Crippen LogP contribution >= 0.6 is 0 Å². The fourth-order valence-electron chi connectivity index (χ4n) is 3.33. The molecule has 1 aromatic rings. The number of amides is 2. The van der Waals surface area contributed by atoms with E-state index in [2.05, 4.69) is 5.43 Å². The van der Waals surface area contributed by atoms with Gasteiger partial charge >= 0.3 is 5.97 Å². The molecule has 2 fully saturated rings. The Kier molecular flexibility index (Phi) is 4.80. The normalized spacial score (nSPS) is 22.1. The molecule has 2 amide bonds. The van der Waals surface area contributed by atoms with Crippen LogP contribution in [-0.4, -0.2) is 60.0 Å². The number of fused-ring (bicyclic) bond motifs is 1. The molecule has 0 spiro atoms. The van der Waals surface area contributed by atoms with E-state index in [1.165, 1.54) is 12.1 Å². The standard InChI is InChI=1S/C17H21N3O4/c1-24-17(23)14(10-12-6-3-2-4-7-12)20-16(22)13-8-5-9-19(13)15(21)11-18-20/h2-4,6-7,13-14,18H,5,8-11H2,1H3/t13-,14-/m0/s1. The molecule has 128 valence electrons. The van der Waals surface area contributed by atoms with Crippen LogP contribution in [0, 0.1) is 0 Å². The monoisotopic (exact) mass is 331 g/mol. The summed E-state index contributed by atoms with van der Waals surface area (Å²) >= 11 is 0. The highest BCUT2D eigenvalue weighted by molar-refractivity contribution is 5.93. The highest BCUT2D eigenvalue weighted by atomic mass is 16.5. The first-order valence-electron chi connectivity index (χ1n) is 8.09. The fraction of sp³-hybridized carbons (Fsp3) is 0.471. The van der Waals surface area contributed by atoms with E-state index >= 15 is 0 Å². The van der Waals surface area contributed by atoms with Crippen molar-refractivity contribution in [2.45, 2.75) is 31.3 Å². The molecule has 2 atom stereocenters. The zero-order valence-corrected chi connectivity index (χ0v) is 13.6. The van der Waals surface area contributed by atoms with E-state index in [0.717, 1.165) is 12.0 Å². The van der Waals surface area contributed by atoms with Gasteiger partial charge in [0.15, 0.2) is 0 Å². The van der Waals surface area contributed by atoms with E-state index < -0.39 is 18.1 Å². The van der Waals surface area contributed by atoms with Gasteiger partial charge in [0.2, 0.25) is 5.91 Å². The average molecular weight is 331 g/mol. The second kappa shape index (κ2) is 7.00. The predicted octanol–water partition coefficient (Wildman–Crippen LogP) is 0.109. The number of hydrogen-bond acceptors (Lipinski definition) is 5. The molecule has 1 aromatic carbocycles. The molecular weight excluding hydrogens is 310 g/mol. The van der Waals surface area contributed by atoms with Crippen molar-refractivity contribution in [1.82, 2.24) is 15.3 Å². The number of benzene rings is 1. The van der Waals surface area contributed by atoms with Crippen LogP contribution in [0.2, 0.25) is 0 Å². The molecule has 0 bridgehead atoms. The van der Waals surface area contributed by atoms with Gasteiger partial charge < -0.3 is 9.64 Å². The Bertz CT molecular complexity index is 634. The number of carbonyl (C=O) groups excluding carboxylic acids is 3. The number of hydrazine groups is 1. The molecule has 0 saturated carbocycles. The SMILES string of the molecule is COC(=O)[C@H](Cc1ccccc1)N1NCC(=O)N2CCC[C@H]2C1=O. The summed E-state index contributed by atoms with van der Waals surface area (Å²) in [4.78, 5) is 39.0. The molecule has 3 rings (SSSR count). The van der Waals surface area contributed by atoms with Gasteiger partial charge in [-0.05, 0) is 18.4 Å². The first-order valence-corrected chi connectivity index (χ1v) is 8.09. The van der Waals surface area contributed by atoms with Crippen LogP contribution < -0.4 is 5.43 Å². The number of nitrogens with one attached hydrogen (secondary N) is 1. The van der Waals surface area contributed by atoms with Crippen molar-refractivity contribution in [3.63, 3.8) is 0 Å². The molecule has 0 aromatic heterocycles. The fourth-order valence-corrected chi connectivity index (χ4v) is 3.33. The minimum atomic E-state index is -0.807. The Morgan fingerprint density at radius 2 is 2.08 bits per heavy atom. The molecule has 1 N–H and O–H groups in total. The number of nitrogens with zero attached hydrogens (tertiary/aromatic N) is 2. The summed E-state index contributed by atoms with van der Waals surface area (Å²) in [6.07, 6.45) is 1.76. The van der Waals surface area contributed by atoms with Crippen LogP contribution in [0.5, 0.6) is 0 Å². The zero-order valence-electron chi connectivity index (χ0n) is 13.6. The van der Waals surface area contributed by atoms with Gasteiger partial charge in [-0.25, -0.2) is 10.2 Å². The third-order valence-corrected chi connectivity index (χ3v) is 4.55. The number of esters is 1. The maximum atomic E-state index is 12.9. The molecular formula is C17H21N3O4. The highest BCUT2D eigenvalue weighted by Crippen LogP contribution is 2.23. The van der Waals surface area contributed by atoms with Gasteiger partial charge in [-0.2, -0.15) is 0 Å². The molecule has 7 nitrogen and oxygen atoms in total. The average Bonchev–Trinajstić information content (AvgIpc) is 3.06. The lowest BCUT2D eigenvalue weighted by atomic mass is 10.0. The number of hydrogen-bond donors (Lipinski definition) is 1. The Morgan fingerprint density at radius 3 is 2.79 bits per heavy atom. The zero-order chi connectivity index (χ0) is 17.1. The van der Waals surface area contributed by atoms with Crippen LogP contribution in [0.4, 0.5) is 0 Å². The third kappa shape index (κ3) is 3.12. The van der Waals surface area contributed by atoms with Crippen molar-refractivity contribution in [1.29, 1.82) is 0 Å². The van der Waals surface area contributed by atoms with E-state index in [4.69, 9.17) is 4.74 Å². The molecule has 2 saturated heterocycles. The number of carbonyl (C=O) groups is 3. The number of rotatable bonds is 4. The topological polar surface area (TPSA) is 79.0 Å². The molecule has 0 unspecified atom stereocenters. The van der Waals surface area contributed by atoms with Crippen molar-refractivity contribution in [2.75, 3.05) is 20.2 Å². The molecule has 7 heteroatoms. The van der Waals surface area contributed by atoms with E-state index in [0.29, 0.717) is 19.4 Å². The van der Waals surface area contributed by atoms with Gasteiger partial charge in [-0.3, -0.25) is 14.6 Å². The number of ether oxygens (including phenoxy) is 1. The van der Waals surface area contributed by atoms with Gasteiger partial charge in [0, 0.05) is 13.0 Å². The van der Waals surface area contributed by atoms with E-state index in [1.807, 2.05) is 30.3 Å². The highest BCUT2D eigenvalue weighted by Gasteiger charge is 2.43. The molecule has 2 heterocycles. The van der Waals surface area contributed by atoms with Crippen molar-refractivity contribution < 1.29 is 19.1 Å². The van der Waals surface area contributed by atoms with Crippen molar-refractivity contribution in [3.8, 4) is 0 Å². The Morgan fingerprint density at radius 1 is 1.33 bits per heavy atom. The maximum absolute atomic E-state index is 12.9. The summed E-state index contributed by atoms with van der Waals surface area (Å²) < 4.78 is 4.89. The van der Waals surface area contributed by atoms with Crippen LogP contribution in [0.3, 0.4) is 0 Å². The minimum absolute atomic E-state index is 0.00449. The molecule has 2 aliphatic heterocycles. The summed E-state index contributed by atoms with van der Waals surface area (Å²) in [6, 6.07) is 8.14. The summed E-state index contributed by atoms with van der Waals surface area (Å²) in [6.45, 7) is 0.594. The van der Waals surface area contributed by atoms with Crippen molar-refractivity contribution >= 4 is 17.8 Å². The smallest absolute Gasteiger partial charge is 0.330 e. The molecule has 0 aliphatic carbocycles. The van der Waals surface area contributed by atoms with Gasteiger partial charge in [0.1, 0.15) is 12.1 Å². The second-order valence-electron chi connectivity index (χ2n) is 6.02. The summed E-state index contributed by atoms with van der Waals surface area (Å²) in [5.41, 5.74) is 3.75. The van der Waals surface area contributed by atoms with E-state index in [9.17, 15) is 14.4 Å². The summed E-state index contributed by atoms with van der Waals surface area (Å²) in [5, 5.41) is 1.30. The Balaban J connectivity index is 1.87. The second-order valence-corrected chi connectivity index (χ2v) is 6.02. The Hall–Kier alpha value is -2.41. The largest absolute Gasteiger partial charge is 0.467 e. The molecule has 2 aliphatic rings. The van der Waals surface area contributed by atoms with Gasteiger partial charge in [0.05, 0.1) is 13.7 Å². The van der Waals surface area contributed by atoms with Crippen molar-refractivity contribution in [3.05, 3.63) is 35.9 Å². The van der Waals surface area contributed by atoms with Crippen molar-refractivity contribution in [2.24, 2.45) is 0 Å². The minimum Gasteiger partial charge on any atom is -0.467 e. The molecule has 0 radical (unpaired) electrons. The van der Waals surface area contributed by atoms with E-state index in [1.54, 1.807) is 4.90 Å². The van der Waals surface area contributed by atoms with E-state index in [-0.39, 0.29) is 18.4 Å². The van der Waals surface area contributed by atoms with Crippen LogP contribution in [0.1, 0.15) is 18.4 Å². The molecule has 24 heavy (non-hydrogen) atoms. The summed E-state index contributed by atoms with van der Waals surface area (Å²) in [7, 11) is 1.30. The predicted molar refractivity (Wildman–Crippen MR) is 85.5 cm³/mol. The number of methoxy groups -OCH3 is 1. The lowest BCUT2D eigenvalue weighted by molar-refractivity contribution is -0.156. The van der Waals surface area contributed by atoms with Gasteiger partial charge in [0.25, 0.3) is 5.91 Å². The first-order chi connectivity index (χ1) is 11.6. The van der Waals surface area contributed by atoms with Crippen LogP contribution in [0.25, 0.3) is 0 Å². The van der Waals surface area contributed by atoms with Gasteiger partial charge in [-0.15, -0.1) is 0 Å². The Labute approximate surface area is 140 Å².